The normalized spacial score (nSPS) is 11.3. The van der Waals surface area contributed by atoms with Gasteiger partial charge in [0, 0.05) is 13.1 Å². The van der Waals surface area contributed by atoms with Crippen molar-refractivity contribution in [2.24, 2.45) is 4.99 Å². The smallest absolute Gasteiger partial charge is 0.191 e. The molecule has 0 unspecified atom stereocenters. The van der Waals surface area contributed by atoms with Crippen LogP contribution in [0.25, 0.3) is 0 Å². The van der Waals surface area contributed by atoms with Crippen LogP contribution in [0.4, 0.5) is 0 Å². The van der Waals surface area contributed by atoms with Gasteiger partial charge < -0.3 is 20.5 Å². The van der Waals surface area contributed by atoms with Crippen LogP contribution in [0.1, 0.15) is 29.2 Å². The maximum absolute atomic E-state index is 9.43. The fourth-order valence-electron chi connectivity index (χ4n) is 2.72. The fourth-order valence-corrected chi connectivity index (χ4v) is 2.72. The second kappa shape index (κ2) is 10.5. The highest BCUT2D eigenvalue weighted by molar-refractivity contribution is 5.79. The summed E-state index contributed by atoms with van der Waals surface area (Å²) in [7, 11) is 1.70. The Morgan fingerprint density at radius 1 is 1.12 bits per heavy atom. The highest BCUT2D eigenvalue weighted by atomic mass is 16.5. The van der Waals surface area contributed by atoms with E-state index in [2.05, 4.69) is 33.8 Å². The monoisotopic (exact) mass is 355 g/mol. The Balaban J connectivity index is 1.95. The van der Waals surface area contributed by atoms with Crippen molar-refractivity contribution in [2.75, 3.05) is 20.2 Å². The first-order valence-corrected chi connectivity index (χ1v) is 9.01. The van der Waals surface area contributed by atoms with Gasteiger partial charge in [-0.25, -0.2) is 4.99 Å². The van der Waals surface area contributed by atoms with Crippen molar-refractivity contribution in [3.05, 3.63) is 64.7 Å². The van der Waals surface area contributed by atoms with Gasteiger partial charge in [-0.2, -0.15) is 0 Å². The molecule has 0 aliphatic rings. The summed E-state index contributed by atoms with van der Waals surface area (Å²) in [5, 5.41) is 16.1. The molecule has 0 radical (unpaired) electrons. The van der Waals surface area contributed by atoms with Crippen LogP contribution in [0.2, 0.25) is 0 Å². The molecule has 0 atom stereocenters. The molecule has 2 rings (SSSR count). The third kappa shape index (κ3) is 5.77. The lowest BCUT2D eigenvalue weighted by Gasteiger charge is -2.13. The van der Waals surface area contributed by atoms with Crippen LogP contribution in [-0.2, 0) is 19.6 Å². The van der Waals surface area contributed by atoms with Crippen LogP contribution >= 0.6 is 0 Å². The molecule has 5 nitrogen and oxygen atoms in total. The van der Waals surface area contributed by atoms with Gasteiger partial charge in [0.1, 0.15) is 5.75 Å². The Kier molecular flexibility index (Phi) is 7.96. The summed E-state index contributed by atoms with van der Waals surface area (Å²) in [6.07, 6.45) is 0.883. The minimum atomic E-state index is 0.0327. The van der Waals surface area contributed by atoms with Gasteiger partial charge in [0.15, 0.2) is 5.96 Å². The van der Waals surface area contributed by atoms with Crippen molar-refractivity contribution in [3.63, 3.8) is 0 Å². The lowest BCUT2D eigenvalue weighted by atomic mass is 10.1. The number of hydrogen-bond donors (Lipinski definition) is 3. The third-order valence-electron chi connectivity index (χ3n) is 4.22. The SMILES string of the molecule is CCNC(=NCc1ccccc1CO)NCCc1ccc(C)c(OC)c1. The van der Waals surface area contributed by atoms with Crippen molar-refractivity contribution >= 4 is 5.96 Å². The van der Waals surface area contributed by atoms with Gasteiger partial charge in [-0.05, 0) is 48.6 Å². The van der Waals surface area contributed by atoms with Crippen LogP contribution < -0.4 is 15.4 Å². The van der Waals surface area contributed by atoms with E-state index in [1.807, 2.05) is 38.1 Å². The number of hydrogen-bond acceptors (Lipinski definition) is 3. The van der Waals surface area contributed by atoms with Gasteiger partial charge in [0.25, 0.3) is 0 Å². The average Bonchev–Trinajstić information content (AvgIpc) is 2.67. The minimum Gasteiger partial charge on any atom is -0.496 e. The van der Waals surface area contributed by atoms with Gasteiger partial charge in [0.05, 0.1) is 20.3 Å². The number of aryl methyl sites for hydroxylation is 1. The number of aliphatic imine (C=N–C) groups is 1. The molecule has 0 fully saturated rings. The van der Waals surface area contributed by atoms with Crippen molar-refractivity contribution in [1.29, 1.82) is 0 Å². The van der Waals surface area contributed by atoms with E-state index >= 15 is 0 Å². The van der Waals surface area contributed by atoms with Crippen molar-refractivity contribution in [2.45, 2.75) is 33.4 Å². The first-order valence-electron chi connectivity index (χ1n) is 9.01. The summed E-state index contributed by atoms with van der Waals surface area (Å²) in [5.41, 5.74) is 4.32. The molecule has 0 saturated heterocycles. The highest BCUT2D eigenvalue weighted by Gasteiger charge is 2.03. The molecule has 0 aromatic heterocycles. The predicted octanol–water partition coefficient (Wildman–Crippen LogP) is 2.79. The summed E-state index contributed by atoms with van der Waals surface area (Å²) in [6.45, 7) is 6.23. The zero-order valence-corrected chi connectivity index (χ0v) is 15.9. The maximum Gasteiger partial charge on any atom is 0.191 e. The molecule has 0 saturated carbocycles. The number of benzene rings is 2. The average molecular weight is 355 g/mol. The van der Waals surface area contributed by atoms with Crippen LogP contribution in [0, 0.1) is 6.92 Å². The lowest BCUT2D eigenvalue weighted by Crippen LogP contribution is -2.38. The van der Waals surface area contributed by atoms with E-state index in [1.54, 1.807) is 7.11 Å². The minimum absolute atomic E-state index is 0.0327. The van der Waals surface area contributed by atoms with E-state index in [0.717, 1.165) is 47.9 Å². The molecule has 0 aliphatic carbocycles. The van der Waals surface area contributed by atoms with Crippen LogP contribution in [0.3, 0.4) is 0 Å². The summed E-state index contributed by atoms with van der Waals surface area (Å²) in [4.78, 5) is 4.63. The third-order valence-corrected chi connectivity index (χ3v) is 4.22. The zero-order chi connectivity index (χ0) is 18.8. The molecule has 0 spiro atoms. The number of guanidine groups is 1. The van der Waals surface area contributed by atoms with Gasteiger partial charge >= 0.3 is 0 Å². The molecular formula is C21H29N3O2. The molecule has 2 aromatic rings. The number of aliphatic hydroxyl groups excluding tert-OH is 1. The topological polar surface area (TPSA) is 65.9 Å². The molecule has 0 aliphatic heterocycles. The quantitative estimate of drug-likeness (QED) is 0.503. The Morgan fingerprint density at radius 2 is 1.88 bits per heavy atom. The van der Waals surface area contributed by atoms with Gasteiger partial charge in [-0.1, -0.05) is 36.4 Å². The Bertz CT molecular complexity index is 729. The van der Waals surface area contributed by atoms with E-state index in [4.69, 9.17) is 4.74 Å². The predicted molar refractivity (Wildman–Crippen MR) is 107 cm³/mol. The molecule has 26 heavy (non-hydrogen) atoms. The van der Waals surface area contributed by atoms with Gasteiger partial charge in [-0.15, -0.1) is 0 Å². The second-order valence-corrected chi connectivity index (χ2v) is 6.10. The van der Waals surface area contributed by atoms with Crippen molar-refractivity contribution in [1.82, 2.24) is 10.6 Å². The summed E-state index contributed by atoms with van der Waals surface area (Å²) in [5.74, 6) is 1.70. The number of aliphatic hydroxyl groups is 1. The number of methoxy groups -OCH3 is 1. The molecule has 5 heteroatoms. The molecule has 3 N–H and O–H groups in total. The summed E-state index contributed by atoms with van der Waals surface area (Å²) in [6, 6.07) is 14.1. The lowest BCUT2D eigenvalue weighted by molar-refractivity contribution is 0.280. The first kappa shape index (κ1) is 19.8. The number of rotatable bonds is 8. The zero-order valence-electron chi connectivity index (χ0n) is 15.9. The Morgan fingerprint density at radius 3 is 2.58 bits per heavy atom. The number of nitrogens with one attached hydrogen (secondary N) is 2. The van der Waals surface area contributed by atoms with Gasteiger partial charge in [-0.3, -0.25) is 0 Å². The first-order chi connectivity index (χ1) is 12.7. The molecule has 140 valence electrons. The van der Waals surface area contributed by atoms with E-state index in [-0.39, 0.29) is 6.61 Å². The van der Waals surface area contributed by atoms with Crippen molar-refractivity contribution in [3.8, 4) is 5.75 Å². The summed E-state index contributed by atoms with van der Waals surface area (Å²) >= 11 is 0. The largest absolute Gasteiger partial charge is 0.496 e. The van der Waals surface area contributed by atoms with E-state index in [9.17, 15) is 5.11 Å². The fraction of sp³-hybridized carbons (Fsp3) is 0.381. The van der Waals surface area contributed by atoms with Gasteiger partial charge in [0.2, 0.25) is 0 Å². The molecule has 0 bridgehead atoms. The Hall–Kier alpha value is -2.53. The van der Waals surface area contributed by atoms with Crippen LogP contribution in [0.5, 0.6) is 5.75 Å². The second-order valence-electron chi connectivity index (χ2n) is 6.10. The van der Waals surface area contributed by atoms with Crippen LogP contribution in [0.15, 0.2) is 47.5 Å². The van der Waals surface area contributed by atoms with E-state index in [1.165, 1.54) is 5.56 Å². The van der Waals surface area contributed by atoms with E-state index in [0.29, 0.717) is 6.54 Å². The van der Waals surface area contributed by atoms with Crippen molar-refractivity contribution < 1.29 is 9.84 Å². The molecule has 0 heterocycles. The highest BCUT2D eigenvalue weighted by Crippen LogP contribution is 2.19. The summed E-state index contributed by atoms with van der Waals surface area (Å²) < 4.78 is 5.38. The molecule has 0 amide bonds. The number of ether oxygens (including phenoxy) is 1. The van der Waals surface area contributed by atoms with E-state index < -0.39 is 0 Å². The maximum atomic E-state index is 9.43. The number of nitrogens with zero attached hydrogens (tertiary/aromatic N) is 1. The molecular weight excluding hydrogens is 326 g/mol. The molecule has 2 aromatic carbocycles. The standard InChI is InChI=1S/C21H29N3O2/c1-4-22-21(24-14-18-7-5-6-8-19(18)15-25)23-12-11-17-10-9-16(2)20(13-17)26-3/h5-10,13,25H,4,11-12,14-15H2,1-3H3,(H2,22,23,24). The van der Waals surface area contributed by atoms with Crippen LogP contribution in [-0.4, -0.2) is 31.3 Å². The Labute approximate surface area is 156 Å².